The molecule has 136 valence electrons. The van der Waals surface area contributed by atoms with E-state index in [0.29, 0.717) is 24.6 Å². The summed E-state index contributed by atoms with van der Waals surface area (Å²) in [6.45, 7) is 3.27. The van der Waals surface area contributed by atoms with E-state index in [9.17, 15) is 8.42 Å². The fourth-order valence-corrected chi connectivity index (χ4v) is 2.45. The van der Waals surface area contributed by atoms with E-state index in [0.717, 1.165) is 12.2 Å². The minimum Gasteiger partial charge on any atom is -0.372 e. The number of hydrogen-bond donors (Lipinski definition) is 2. The third kappa shape index (κ3) is 6.21. The summed E-state index contributed by atoms with van der Waals surface area (Å²) in [5.41, 5.74) is 1.67. The summed E-state index contributed by atoms with van der Waals surface area (Å²) in [6.07, 6.45) is 2.06. The molecule has 0 spiro atoms. The third-order valence-electron chi connectivity index (χ3n) is 3.39. The summed E-state index contributed by atoms with van der Waals surface area (Å²) in [7, 11) is -2.57. The van der Waals surface area contributed by atoms with E-state index in [-0.39, 0.29) is 6.61 Å². The lowest BCUT2D eigenvalue weighted by Gasteiger charge is -2.22. The summed E-state index contributed by atoms with van der Waals surface area (Å²) >= 11 is 0. The Bertz CT molecular complexity index is 803. The highest BCUT2D eigenvalue weighted by Gasteiger charge is 2.08. The normalized spacial score (nSPS) is 12.0. The van der Waals surface area contributed by atoms with Crippen LogP contribution in [0.4, 0.5) is 17.3 Å². The second-order valence-electron chi connectivity index (χ2n) is 5.19. The fourth-order valence-electron chi connectivity index (χ4n) is 2.12. The van der Waals surface area contributed by atoms with Gasteiger partial charge in [-0.2, -0.15) is 8.42 Å². The number of H-pyrrole nitrogens is 1. The standard InChI is InChI=1S/C14H20N6O4S/c1-3-20(9-4-10-24-25(21,22)23)13-7-5-12(6-8-13)16-18-14-17-15-11-19(14)2/h5-8,11H,3-4,9-10H2,1-2H3,(H,21,22,23)/p+1. The minimum atomic E-state index is -4.38. The van der Waals surface area contributed by atoms with Gasteiger partial charge in [-0.25, -0.2) is 8.75 Å². The van der Waals surface area contributed by atoms with E-state index in [1.807, 2.05) is 38.2 Å². The van der Waals surface area contributed by atoms with Crippen molar-refractivity contribution in [1.29, 1.82) is 0 Å². The van der Waals surface area contributed by atoms with Crippen LogP contribution in [-0.2, 0) is 21.6 Å². The SMILES string of the molecule is CCN(CCCOS(=O)(=O)O)c1ccc(N=Nc2[nH]nc[n+]2C)cc1. The van der Waals surface area contributed by atoms with Crippen molar-refractivity contribution in [3.8, 4) is 0 Å². The number of hydrogen-bond acceptors (Lipinski definition) is 7. The Morgan fingerprint density at radius 1 is 1.32 bits per heavy atom. The molecule has 0 bridgehead atoms. The number of azo groups is 1. The van der Waals surface area contributed by atoms with Crippen molar-refractivity contribution in [2.24, 2.45) is 17.3 Å². The van der Waals surface area contributed by atoms with Crippen LogP contribution in [0.25, 0.3) is 0 Å². The van der Waals surface area contributed by atoms with Crippen LogP contribution in [-0.4, -0.2) is 42.9 Å². The van der Waals surface area contributed by atoms with Crippen molar-refractivity contribution in [3.05, 3.63) is 30.6 Å². The van der Waals surface area contributed by atoms with Crippen LogP contribution < -0.4 is 9.47 Å². The molecular formula is C14H21N6O4S+. The predicted octanol–water partition coefficient (Wildman–Crippen LogP) is 1.69. The number of benzene rings is 1. The summed E-state index contributed by atoms with van der Waals surface area (Å²) in [5, 5.41) is 14.8. The number of aryl methyl sites for hydroxylation is 1. The van der Waals surface area contributed by atoms with E-state index in [2.05, 4.69) is 29.5 Å². The molecule has 1 heterocycles. The number of nitrogens with zero attached hydrogens (tertiary/aromatic N) is 5. The Balaban J connectivity index is 1.92. The molecule has 10 nitrogen and oxygen atoms in total. The molecule has 0 aliphatic heterocycles. The summed E-state index contributed by atoms with van der Waals surface area (Å²) in [4.78, 5) is 2.06. The molecule has 0 aliphatic carbocycles. The Labute approximate surface area is 146 Å². The topological polar surface area (TPSA) is 124 Å². The zero-order chi connectivity index (χ0) is 18.3. The first-order valence-corrected chi connectivity index (χ1v) is 9.03. The van der Waals surface area contributed by atoms with Crippen molar-refractivity contribution in [3.63, 3.8) is 0 Å². The highest BCUT2D eigenvalue weighted by Crippen LogP contribution is 2.21. The van der Waals surface area contributed by atoms with Crippen LogP contribution in [0.1, 0.15) is 13.3 Å². The van der Waals surface area contributed by atoms with Gasteiger partial charge in [-0.05, 0) is 42.7 Å². The summed E-state index contributed by atoms with van der Waals surface area (Å²) in [6, 6.07) is 7.50. The van der Waals surface area contributed by atoms with Crippen molar-refractivity contribution in [2.75, 3.05) is 24.6 Å². The van der Waals surface area contributed by atoms with Crippen LogP contribution in [0.2, 0.25) is 0 Å². The number of rotatable bonds is 9. The zero-order valence-electron chi connectivity index (χ0n) is 14.0. The van der Waals surface area contributed by atoms with Gasteiger partial charge in [0.2, 0.25) is 6.33 Å². The molecule has 2 aromatic rings. The molecule has 11 heteroatoms. The van der Waals surface area contributed by atoms with Gasteiger partial charge in [0.1, 0.15) is 0 Å². The number of aromatic nitrogens is 3. The summed E-state index contributed by atoms with van der Waals surface area (Å²) in [5.74, 6) is 0.540. The molecule has 0 atom stereocenters. The number of nitrogens with one attached hydrogen (secondary N) is 1. The molecule has 25 heavy (non-hydrogen) atoms. The van der Waals surface area contributed by atoms with Gasteiger partial charge in [-0.3, -0.25) is 4.55 Å². The number of anilines is 1. The van der Waals surface area contributed by atoms with E-state index in [1.165, 1.54) is 0 Å². The van der Waals surface area contributed by atoms with Crippen molar-refractivity contribution in [2.45, 2.75) is 13.3 Å². The molecule has 0 saturated heterocycles. The summed E-state index contributed by atoms with van der Waals surface area (Å²) < 4.78 is 35.6. The molecule has 0 aliphatic rings. The Morgan fingerprint density at radius 2 is 2.04 bits per heavy atom. The van der Waals surface area contributed by atoms with E-state index in [4.69, 9.17) is 4.55 Å². The maximum atomic E-state index is 10.5. The second kappa shape index (κ2) is 8.65. The van der Waals surface area contributed by atoms with Gasteiger partial charge in [0.15, 0.2) is 0 Å². The molecule has 0 fully saturated rings. The average molecular weight is 369 g/mol. The molecule has 1 aromatic heterocycles. The van der Waals surface area contributed by atoms with Crippen molar-refractivity contribution in [1.82, 2.24) is 10.2 Å². The largest absolute Gasteiger partial charge is 0.401 e. The number of aromatic amines is 1. The monoisotopic (exact) mass is 369 g/mol. The molecule has 0 amide bonds. The lowest BCUT2D eigenvalue weighted by Crippen LogP contribution is -2.25. The van der Waals surface area contributed by atoms with Crippen LogP contribution in [0, 0.1) is 0 Å². The van der Waals surface area contributed by atoms with Gasteiger partial charge in [-0.15, -0.1) is 5.10 Å². The molecule has 2 N–H and O–H groups in total. The first kappa shape index (κ1) is 19.0. The molecule has 2 rings (SSSR count). The molecule has 0 radical (unpaired) electrons. The van der Waals surface area contributed by atoms with Crippen LogP contribution >= 0.6 is 0 Å². The first-order valence-electron chi connectivity index (χ1n) is 7.66. The van der Waals surface area contributed by atoms with Gasteiger partial charge < -0.3 is 4.90 Å². The zero-order valence-corrected chi connectivity index (χ0v) is 14.8. The Kier molecular flexibility index (Phi) is 6.56. The van der Waals surface area contributed by atoms with Crippen LogP contribution in [0.15, 0.2) is 40.8 Å². The van der Waals surface area contributed by atoms with Gasteiger partial charge in [0.25, 0.3) is 0 Å². The maximum Gasteiger partial charge on any atom is 0.401 e. The smallest absolute Gasteiger partial charge is 0.372 e. The Hall–Kier alpha value is -2.37. The predicted molar refractivity (Wildman–Crippen MR) is 90.4 cm³/mol. The van der Waals surface area contributed by atoms with Crippen LogP contribution in [0.3, 0.4) is 0 Å². The highest BCUT2D eigenvalue weighted by atomic mass is 32.3. The quantitative estimate of drug-likeness (QED) is 0.300. The minimum absolute atomic E-state index is 0.0666. The van der Waals surface area contributed by atoms with Crippen LogP contribution in [0.5, 0.6) is 0 Å². The molecule has 0 unspecified atom stereocenters. The van der Waals surface area contributed by atoms with Crippen molar-refractivity contribution >= 4 is 27.7 Å². The first-order chi connectivity index (χ1) is 11.9. The molecular weight excluding hydrogens is 348 g/mol. The van der Waals surface area contributed by atoms with Gasteiger partial charge in [0.05, 0.1) is 19.3 Å². The highest BCUT2D eigenvalue weighted by molar-refractivity contribution is 7.80. The fraction of sp³-hybridized carbons (Fsp3) is 0.429. The van der Waals surface area contributed by atoms with E-state index in [1.54, 1.807) is 10.9 Å². The van der Waals surface area contributed by atoms with Gasteiger partial charge in [0, 0.05) is 23.9 Å². The maximum absolute atomic E-state index is 10.5. The average Bonchev–Trinajstić information content (AvgIpc) is 2.98. The third-order valence-corrected chi connectivity index (χ3v) is 3.86. The lowest BCUT2D eigenvalue weighted by atomic mass is 10.2. The van der Waals surface area contributed by atoms with Gasteiger partial charge >= 0.3 is 16.3 Å². The Morgan fingerprint density at radius 3 is 2.60 bits per heavy atom. The molecule has 1 aromatic carbocycles. The van der Waals surface area contributed by atoms with Crippen molar-refractivity contribution < 1.29 is 21.7 Å². The van der Waals surface area contributed by atoms with Gasteiger partial charge in [-0.1, -0.05) is 5.11 Å². The van der Waals surface area contributed by atoms with E-state index >= 15 is 0 Å². The second-order valence-corrected chi connectivity index (χ2v) is 6.28. The molecule has 0 saturated carbocycles. The van der Waals surface area contributed by atoms with E-state index < -0.39 is 10.4 Å². The lowest BCUT2D eigenvalue weighted by molar-refractivity contribution is -0.658.